The maximum atomic E-state index is 13.8. The van der Waals surface area contributed by atoms with Gasteiger partial charge in [-0.3, -0.25) is 13.9 Å². The van der Waals surface area contributed by atoms with Gasteiger partial charge in [0.15, 0.2) is 11.2 Å². The van der Waals surface area contributed by atoms with Crippen LogP contribution in [0.5, 0.6) is 5.88 Å². The minimum Gasteiger partial charge on any atom is -0.474 e. The van der Waals surface area contributed by atoms with Crippen LogP contribution < -0.4 is 16.0 Å². The number of nitrogens with zero attached hydrogens (tertiary/aromatic N) is 5. The van der Waals surface area contributed by atoms with Crippen LogP contribution in [0.4, 0.5) is 0 Å². The van der Waals surface area contributed by atoms with Crippen LogP contribution in [0.15, 0.2) is 52.1 Å². The van der Waals surface area contributed by atoms with Gasteiger partial charge >= 0.3 is 5.69 Å². The average molecular weight is 516 g/mol. The molecule has 38 heavy (non-hydrogen) atoms. The SMILES string of the molecule is CCCn1c(=O)c2c(nc(-c3ccc(OC4CCCC4)nc3C)n2Cc2ccccc2)n(C(C)CC)c1=O. The first kappa shape index (κ1) is 25.9. The van der Waals surface area contributed by atoms with Gasteiger partial charge in [0, 0.05) is 30.8 Å². The van der Waals surface area contributed by atoms with Crippen LogP contribution in [0, 0.1) is 6.92 Å². The molecular weight excluding hydrogens is 478 g/mol. The Morgan fingerprint density at radius 2 is 1.74 bits per heavy atom. The van der Waals surface area contributed by atoms with Gasteiger partial charge in [-0.2, -0.15) is 0 Å². The van der Waals surface area contributed by atoms with Crippen molar-refractivity contribution in [3.63, 3.8) is 0 Å². The third kappa shape index (κ3) is 4.79. The van der Waals surface area contributed by atoms with E-state index in [1.165, 1.54) is 17.4 Å². The van der Waals surface area contributed by atoms with Crippen molar-refractivity contribution < 1.29 is 4.74 Å². The zero-order valence-corrected chi connectivity index (χ0v) is 22.8. The summed E-state index contributed by atoms with van der Waals surface area (Å²) in [5.41, 5.74) is 2.92. The minimum absolute atomic E-state index is 0.108. The van der Waals surface area contributed by atoms with E-state index < -0.39 is 0 Å². The lowest BCUT2D eigenvalue weighted by Crippen LogP contribution is -2.41. The summed E-state index contributed by atoms with van der Waals surface area (Å²) in [5.74, 6) is 1.25. The van der Waals surface area contributed by atoms with Crippen molar-refractivity contribution >= 4 is 11.2 Å². The van der Waals surface area contributed by atoms with Gasteiger partial charge in [0.1, 0.15) is 11.9 Å². The lowest BCUT2D eigenvalue weighted by atomic mass is 10.1. The summed E-state index contributed by atoms with van der Waals surface area (Å²) in [5, 5.41) is 0. The van der Waals surface area contributed by atoms with Crippen LogP contribution in [-0.2, 0) is 13.1 Å². The maximum absolute atomic E-state index is 13.8. The fraction of sp³-hybridized carbons (Fsp3) is 0.467. The van der Waals surface area contributed by atoms with Crippen molar-refractivity contribution in [2.75, 3.05) is 0 Å². The Bertz CT molecular complexity index is 1540. The lowest BCUT2D eigenvalue weighted by molar-refractivity contribution is 0.201. The Labute approximate surface area is 222 Å². The van der Waals surface area contributed by atoms with E-state index in [-0.39, 0.29) is 23.4 Å². The first-order valence-corrected chi connectivity index (χ1v) is 13.9. The third-order valence-corrected chi connectivity index (χ3v) is 7.62. The highest BCUT2D eigenvalue weighted by molar-refractivity contribution is 5.78. The molecule has 1 unspecified atom stereocenters. The molecule has 1 aliphatic rings. The number of rotatable bonds is 9. The highest BCUT2D eigenvalue weighted by Crippen LogP contribution is 2.30. The van der Waals surface area contributed by atoms with Crippen LogP contribution in [0.2, 0.25) is 0 Å². The standard InChI is InChI=1S/C30H37N5O3/c1-5-18-33-29(36)26-28(35(30(33)37)20(3)6-2)32-27(34(26)19-22-12-8-7-9-13-22)24-16-17-25(31-21(24)4)38-23-14-10-11-15-23/h7-9,12-13,16-17,20,23H,5-6,10-11,14-15,18-19H2,1-4H3. The number of ether oxygens (including phenoxy) is 1. The van der Waals surface area contributed by atoms with Gasteiger partial charge in [0.2, 0.25) is 5.88 Å². The van der Waals surface area contributed by atoms with Gasteiger partial charge in [-0.15, -0.1) is 0 Å². The molecule has 200 valence electrons. The third-order valence-electron chi connectivity index (χ3n) is 7.62. The van der Waals surface area contributed by atoms with Gasteiger partial charge in [0.25, 0.3) is 5.56 Å². The highest BCUT2D eigenvalue weighted by Gasteiger charge is 2.25. The molecule has 3 heterocycles. The fourth-order valence-corrected chi connectivity index (χ4v) is 5.40. The molecule has 3 aromatic heterocycles. The second-order valence-corrected chi connectivity index (χ2v) is 10.4. The van der Waals surface area contributed by atoms with Crippen LogP contribution in [0.1, 0.15) is 76.6 Å². The van der Waals surface area contributed by atoms with Gasteiger partial charge in [-0.25, -0.2) is 14.8 Å². The van der Waals surface area contributed by atoms with Gasteiger partial charge < -0.3 is 9.30 Å². The van der Waals surface area contributed by atoms with Crippen molar-refractivity contribution in [3.8, 4) is 17.3 Å². The largest absolute Gasteiger partial charge is 0.474 e. The molecule has 1 atom stereocenters. The smallest absolute Gasteiger partial charge is 0.332 e. The molecule has 0 saturated heterocycles. The molecule has 1 aromatic carbocycles. The molecule has 1 aliphatic carbocycles. The van der Waals surface area contributed by atoms with Crippen molar-refractivity contribution in [1.82, 2.24) is 23.7 Å². The van der Waals surface area contributed by atoms with E-state index in [1.807, 2.05) is 74.7 Å². The summed E-state index contributed by atoms with van der Waals surface area (Å²) in [6.07, 6.45) is 6.16. The van der Waals surface area contributed by atoms with Crippen LogP contribution >= 0.6 is 0 Å². The van der Waals surface area contributed by atoms with Crippen molar-refractivity contribution in [2.45, 2.75) is 91.5 Å². The van der Waals surface area contributed by atoms with Crippen LogP contribution in [-0.4, -0.2) is 29.8 Å². The Kier molecular flexibility index (Phi) is 7.49. The quantitative estimate of drug-likeness (QED) is 0.295. The molecule has 0 spiro atoms. The molecule has 0 aliphatic heterocycles. The van der Waals surface area contributed by atoms with Crippen molar-refractivity contribution in [1.29, 1.82) is 0 Å². The average Bonchev–Trinajstić information content (AvgIpc) is 3.55. The minimum atomic E-state index is -0.301. The van der Waals surface area contributed by atoms with E-state index in [9.17, 15) is 9.59 Å². The summed E-state index contributed by atoms with van der Waals surface area (Å²) in [7, 11) is 0. The van der Waals surface area contributed by atoms with E-state index >= 15 is 0 Å². The molecule has 8 heteroatoms. The number of imidazole rings is 1. The molecule has 4 aromatic rings. The fourth-order valence-electron chi connectivity index (χ4n) is 5.40. The number of hydrogen-bond donors (Lipinski definition) is 0. The predicted molar refractivity (Wildman–Crippen MR) is 150 cm³/mol. The summed E-state index contributed by atoms with van der Waals surface area (Å²) >= 11 is 0. The van der Waals surface area contributed by atoms with Gasteiger partial charge in [-0.05, 0) is 64.0 Å². The second kappa shape index (κ2) is 11.0. The van der Waals surface area contributed by atoms with Gasteiger partial charge in [-0.1, -0.05) is 44.2 Å². The summed E-state index contributed by atoms with van der Waals surface area (Å²) in [6, 6.07) is 13.8. The number of fused-ring (bicyclic) bond motifs is 1. The zero-order chi connectivity index (χ0) is 26.8. The molecular formula is C30H37N5O3. The Morgan fingerprint density at radius 1 is 1.00 bits per heavy atom. The summed E-state index contributed by atoms with van der Waals surface area (Å²) < 4.78 is 11.2. The van der Waals surface area contributed by atoms with E-state index in [4.69, 9.17) is 14.7 Å². The first-order chi connectivity index (χ1) is 18.4. The van der Waals surface area contributed by atoms with Crippen molar-refractivity contribution in [3.05, 3.63) is 74.6 Å². The number of benzene rings is 1. The summed E-state index contributed by atoms with van der Waals surface area (Å²) in [6.45, 7) is 8.77. The Balaban J connectivity index is 1.74. The Hall–Kier alpha value is -3.68. The van der Waals surface area contributed by atoms with Crippen LogP contribution in [0.25, 0.3) is 22.6 Å². The van der Waals surface area contributed by atoms with E-state index in [0.29, 0.717) is 42.4 Å². The van der Waals surface area contributed by atoms with E-state index in [1.54, 1.807) is 4.57 Å². The zero-order valence-electron chi connectivity index (χ0n) is 22.8. The molecule has 8 nitrogen and oxygen atoms in total. The van der Waals surface area contributed by atoms with Crippen molar-refractivity contribution in [2.24, 2.45) is 0 Å². The number of hydrogen-bond acceptors (Lipinski definition) is 5. The summed E-state index contributed by atoms with van der Waals surface area (Å²) in [4.78, 5) is 37.1. The molecule has 5 rings (SSSR count). The molecule has 0 bridgehead atoms. The van der Waals surface area contributed by atoms with Gasteiger partial charge in [0.05, 0.1) is 5.69 Å². The lowest BCUT2D eigenvalue weighted by Gasteiger charge is -2.17. The molecule has 1 fully saturated rings. The highest BCUT2D eigenvalue weighted by atomic mass is 16.5. The first-order valence-electron chi connectivity index (χ1n) is 13.9. The van der Waals surface area contributed by atoms with Crippen LogP contribution in [0.3, 0.4) is 0 Å². The van der Waals surface area contributed by atoms with E-state index in [2.05, 4.69) is 0 Å². The monoisotopic (exact) mass is 515 g/mol. The molecule has 0 amide bonds. The number of aromatic nitrogens is 5. The second-order valence-electron chi connectivity index (χ2n) is 10.4. The van der Waals surface area contributed by atoms with E-state index in [0.717, 1.165) is 36.1 Å². The normalized spacial score (nSPS) is 14.8. The molecule has 0 radical (unpaired) electrons. The topological polar surface area (TPSA) is 83.9 Å². The molecule has 1 saturated carbocycles. The number of aryl methyl sites for hydroxylation is 1. The maximum Gasteiger partial charge on any atom is 0.332 e. The Morgan fingerprint density at radius 3 is 2.39 bits per heavy atom. The molecule has 0 N–H and O–H groups in total. The number of pyridine rings is 1. The predicted octanol–water partition coefficient (Wildman–Crippen LogP) is 5.48.